The molecule has 0 unspecified atom stereocenters. The van der Waals surface area contributed by atoms with Crippen molar-refractivity contribution in [2.75, 3.05) is 36.8 Å². The SMILES string of the molecule is Cc1cnc2c(N)c(C(=O)N[C@H]3CCc4cc(N5CCCNCC5)ccc4C3)sc2n1. The van der Waals surface area contributed by atoms with Crippen molar-refractivity contribution in [3.05, 3.63) is 46.1 Å². The number of nitrogens with zero attached hydrogens (tertiary/aromatic N) is 3. The Bertz CT molecular complexity index is 1120. The van der Waals surface area contributed by atoms with Crippen molar-refractivity contribution in [3.63, 3.8) is 0 Å². The monoisotopic (exact) mass is 436 g/mol. The summed E-state index contributed by atoms with van der Waals surface area (Å²) in [6.45, 7) is 6.17. The highest BCUT2D eigenvalue weighted by molar-refractivity contribution is 7.21. The van der Waals surface area contributed by atoms with E-state index in [1.807, 2.05) is 6.92 Å². The minimum absolute atomic E-state index is 0.112. The maximum atomic E-state index is 12.9. The molecule has 1 fully saturated rings. The molecule has 1 aliphatic heterocycles. The van der Waals surface area contributed by atoms with Crippen LogP contribution in [0, 0.1) is 6.92 Å². The van der Waals surface area contributed by atoms with E-state index in [2.05, 4.69) is 43.7 Å². The Morgan fingerprint density at radius 1 is 1.29 bits per heavy atom. The molecule has 4 N–H and O–H groups in total. The fourth-order valence-corrected chi connectivity index (χ4v) is 5.56. The zero-order valence-corrected chi connectivity index (χ0v) is 18.6. The van der Waals surface area contributed by atoms with E-state index < -0.39 is 0 Å². The topological polar surface area (TPSA) is 96.2 Å². The Morgan fingerprint density at radius 3 is 3.10 bits per heavy atom. The second kappa shape index (κ2) is 8.43. The zero-order chi connectivity index (χ0) is 21.4. The van der Waals surface area contributed by atoms with E-state index in [1.54, 1.807) is 6.20 Å². The van der Waals surface area contributed by atoms with Gasteiger partial charge < -0.3 is 21.3 Å². The second-order valence-corrected chi connectivity index (χ2v) is 9.47. The Labute approximate surface area is 186 Å². The number of hydrogen-bond donors (Lipinski definition) is 3. The van der Waals surface area contributed by atoms with Crippen LogP contribution >= 0.6 is 11.3 Å². The number of nitrogens with one attached hydrogen (secondary N) is 2. The molecule has 0 radical (unpaired) electrons. The van der Waals surface area contributed by atoms with Gasteiger partial charge in [0.15, 0.2) is 0 Å². The van der Waals surface area contributed by atoms with Crippen molar-refractivity contribution in [2.45, 2.75) is 38.6 Å². The van der Waals surface area contributed by atoms with Crippen LogP contribution in [0.4, 0.5) is 11.4 Å². The molecule has 1 aliphatic carbocycles. The third kappa shape index (κ3) is 4.09. The Hall–Kier alpha value is -2.71. The Morgan fingerprint density at radius 2 is 2.19 bits per heavy atom. The summed E-state index contributed by atoms with van der Waals surface area (Å²) in [5.41, 5.74) is 12.1. The zero-order valence-electron chi connectivity index (χ0n) is 17.8. The molecule has 2 aliphatic rings. The number of thiophene rings is 1. The molecular formula is C23H28N6OS. The first kappa shape index (κ1) is 20.2. The summed E-state index contributed by atoms with van der Waals surface area (Å²) in [7, 11) is 0. The molecule has 5 rings (SSSR count). The minimum Gasteiger partial charge on any atom is -0.396 e. The summed E-state index contributed by atoms with van der Waals surface area (Å²) >= 11 is 1.32. The van der Waals surface area contributed by atoms with Crippen molar-refractivity contribution in [1.29, 1.82) is 0 Å². The standard InChI is InChI=1S/C23H28N6OS/c1-14-13-26-20-19(24)21(31-23(20)27-14)22(30)28-17-5-3-16-12-18(6-4-15(16)11-17)29-9-2-7-25-8-10-29/h4,6,12-13,17,25H,2-3,5,7-11,24H2,1H3,(H,28,30)/t17-/m0/s1. The number of carbonyl (C=O) groups excluding carboxylic acids is 1. The van der Waals surface area contributed by atoms with Crippen molar-refractivity contribution >= 4 is 39.0 Å². The molecule has 0 spiro atoms. The largest absolute Gasteiger partial charge is 0.396 e. The van der Waals surface area contributed by atoms with Gasteiger partial charge in [-0.25, -0.2) is 9.97 Å². The summed E-state index contributed by atoms with van der Waals surface area (Å²) in [5.74, 6) is -0.123. The predicted octanol–water partition coefficient (Wildman–Crippen LogP) is 2.67. The van der Waals surface area contributed by atoms with Gasteiger partial charge in [-0.2, -0.15) is 0 Å². The Kier molecular flexibility index (Phi) is 5.50. The fraction of sp³-hybridized carbons (Fsp3) is 0.435. The average Bonchev–Trinajstić information content (AvgIpc) is 2.94. The molecule has 2 aromatic heterocycles. The van der Waals surface area contributed by atoms with Crippen LogP contribution < -0.4 is 21.3 Å². The van der Waals surface area contributed by atoms with Gasteiger partial charge in [-0.05, 0) is 62.4 Å². The number of rotatable bonds is 3. The number of amides is 1. The van der Waals surface area contributed by atoms with Gasteiger partial charge in [-0.3, -0.25) is 4.79 Å². The van der Waals surface area contributed by atoms with Gasteiger partial charge in [0.2, 0.25) is 0 Å². The lowest BCUT2D eigenvalue weighted by Crippen LogP contribution is -2.38. The first-order valence-electron chi connectivity index (χ1n) is 11.0. The van der Waals surface area contributed by atoms with E-state index >= 15 is 0 Å². The Balaban J connectivity index is 1.29. The normalized spacial score (nSPS) is 19.1. The molecule has 162 valence electrons. The lowest BCUT2D eigenvalue weighted by molar-refractivity contribution is 0.0938. The number of benzene rings is 1. The van der Waals surface area contributed by atoms with Crippen LogP contribution in [-0.4, -0.2) is 48.1 Å². The van der Waals surface area contributed by atoms with Gasteiger partial charge in [-0.15, -0.1) is 11.3 Å². The molecule has 1 amide bonds. The van der Waals surface area contributed by atoms with Crippen molar-refractivity contribution in [1.82, 2.24) is 20.6 Å². The van der Waals surface area contributed by atoms with Gasteiger partial charge in [0.25, 0.3) is 5.91 Å². The predicted molar refractivity (Wildman–Crippen MR) is 126 cm³/mol. The summed E-state index contributed by atoms with van der Waals surface area (Å²) < 4.78 is 0. The van der Waals surface area contributed by atoms with Crippen molar-refractivity contribution < 1.29 is 4.79 Å². The number of carbonyl (C=O) groups is 1. The molecule has 3 aromatic rings. The van der Waals surface area contributed by atoms with E-state index in [1.165, 1.54) is 34.6 Å². The van der Waals surface area contributed by atoms with Crippen molar-refractivity contribution in [3.8, 4) is 0 Å². The van der Waals surface area contributed by atoms with Gasteiger partial charge in [0.1, 0.15) is 15.2 Å². The minimum atomic E-state index is -0.123. The van der Waals surface area contributed by atoms with E-state index in [9.17, 15) is 4.79 Å². The van der Waals surface area contributed by atoms with Crippen LogP contribution in [0.5, 0.6) is 0 Å². The van der Waals surface area contributed by atoms with Crippen LogP contribution in [0.15, 0.2) is 24.4 Å². The van der Waals surface area contributed by atoms with Gasteiger partial charge in [-0.1, -0.05) is 6.07 Å². The molecule has 31 heavy (non-hydrogen) atoms. The summed E-state index contributed by atoms with van der Waals surface area (Å²) in [6.07, 6.45) is 5.62. The molecule has 1 atom stereocenters. The summed E-state index contributed by atoms with van der Waals surface area (Å²) in [4.78, 5) is 25.4. The molecule has 0 saturated carbocycles. The number of nitrogen functional groups attached to an aromatic ring is 1. The van der Waals surface area contributed by atoms with Crippen LogP contribution in [-0.2, 0) is 12.8 Å². The van der Waals surface area contributed by atoms with Crippen molar-refractivity contribution in [2.24, 2.45) is 0 Å². The number of nitrogens with two attached hydrogens (primary N) is 1. The first-order valence-corrected chi connectivity index (χ1v) is 11.8. The van der Waals surface area contributed by atoms with E-state index in [0.717, 1.165) is 51.1 Å². The fourth-order valence-electron chi connectivity index (χ4n) is 4.56. The lowest BCUT2D eigenvalue weighted by Gasteiger charge is -2.28. The number of hydrogen-bond acceptors (Lipinski definition) is 7. The smallest absolute Gasteiger partial charge is 0.263 e. The number of fused-ring (bicyclic) bond motifs is 2. The number of anilines is 2. The highest BCUT2D eigenvalue weighted by atomic mass is 32.1. The van der Waals surface area contributed by atoms with Gasteiger partial charge in [0, 0.05) is 37.6 Å². The van der Waals surface area contributed by atoms with Crippen LogP contribution in [0.3, 0.4) is 0 Å². The van der Waals surface area contributed by atoms with Crippen LogP contribution in [0.1, 0.15) is 39.3 Å². The van der Waals surface area contributed by atoms with E-state index in [4.69, 9.17) is 5.73 Å². The summed E-state index contributed by atoms with van der Waals surface area (Å²) in [6, 6.07) is 6.94. The maximum Gasteiger partial charge on any atom is 0.263 e. The highest BCUT2D eigenvalue weighted by Crippen LogP contribution is 2.32. The molecule has 8 heteroatoms. The molecular weight excluding hydrogens is 408 g/mol. The number of aryl methyl sites for hydroxylation is 2. The molecule has 3 heterocycles. The third-order valence-electron chi connectivity index (χ3n) is 6.22. The van der Waals surface area contributed by atoms with E-state index in [-0.39, 0.29) is 11.9 Å². The van der Waals surface area contributed by atoms with Crippen LogP contribution in [0.2, 0.25) is 0 Å². The lowest BCUT2D eigenvalue weighted by atomic mass is 9.87. The van der Waals surface area contributed by atoms with Gasteiger partial charge >= 0.3 is 0 Å². The first-order chi connectivity index (χ1) is 15.1. The number of aromatic nitrogens is 2. The highest BCUT2D eigenvalue weighted by Gasteiger charge is 2.25. The van der Waals surface area contributed by atoms with Crippen LogP contribution in [0.25, 0.3) is 10.3 Å². The third-order valence-corrected chi connectivity index (χ3v) is 7.31. The molecule has 0 bridgehead atoms. The maximum absolute atomic E-state index is 12.9. The molecule has 1 aromatic carbocycles. The molecule has 7 nitrogen and oxygen atoms in total. The van der Waals surface area contributed by atoms with E-state index in [0.29, 0.717) is 20.9 Å². The quantitative estimate of drug-likeness (QED) is 0.584. The summed E-state index contributed by atoms with van der Waals surface area (Å²) in [5, 5.41) is 6.66. The molecule has 1 saturated heterocycles. The second-order valence-electron chi connectivity index (χ2n) is 8.47. The van der Waals surface area contributed by atoms with Gasteiger partial charge in [0.05, 0.1) is 11.4 Å². The average molecular weight is 437 g/mol.